The summed E-state index contributed by atoms with van der Waals surface area (Å²) in [6.45, 7) is 0.606. The molecule has 2 amide bonds. The van der Waals surface area contributed by atoms with Crippen molar-refractivity contribution in [1.82, 2.24) is 9.80 Å². The normalized spacial score (nSPS) is 18.1. The molecule has 154 valence electrons. The van der Waals surface area contributed by atoms with E-state index in [9.17, 15) is 28.1 Å². The van der Waals surface area contributed by atoms with Crippen molar-refractivity contribution in [2.24, 2.45) is 0 Å². The fourth-order valence-electron chi connectivity index (χ4n) is 2.81. The van der Waals surface area contributed by atoms with Crippen molar-refractivity contribution in [3.8, 4) is 0 Å². The molecule has 1 aliphatic rings. The van der Waals surface area contributed by atoms with Gasteiger partial charge in [0.2, 0.25) is 0 Å². The van der Waals surface area contributed by atoms with E-state index in [2.05, 4.69) is 5.32 Å². The number of non-ortho nitro benzene ring substituents is 1. The molecule has 0 aliphatic carbocycles. The Morgan fingerprint density at radius 3 is 2.54 bits per heavy atom. The SMILES string of the molecule is CN(C)CCN(C(=O)C(=O)Nc1cc([N+](=O)[O-])ccc1Cl)C1CCS(=O)(=O)C1. The highest BCUT2D eigenvalue weighted by molar-refractivity contribution is 7.91. The van der Waals surface area contributed by atoms with Gasteiger partial charge in [0, 0.05) is 31.3 Å². The van der Waals surface area contributed by atoms with Crippen molar-refractivity contribution in [2.45, 2.75) is 12.5 Å². The predicted octanol–water partition coefficient (Wildman–Crippen LogP) is 0.764. The molecule has 1 aromatic rings. The molecule has 0 bridgehead atoms. The first-order valence-electron chi connectivity index (χ1n) is 8.41. The molecule has 1 aromatic carbocycles. The highest BCUT2D eigenvalue weighted by Gasteiger charge is 2.36. The second kappa shape index (κ2) is 8.84. The highest BCUT2D eigenvalue weighted by Crippen LogP contribution is 2.27. The Bertz CT molecular complexity index is 889. The largest absolute Gasteiger partial charge is 0.329 e. The molecule has 0 radical (unpaired) electrons. The van der Waals surface area contributed by atoms with Gasteiger partial charge in [-0.25, -0.2) is 8.42 Å². The van der Waals surface area contributed by atoms with Crippen molar-refractivity contribution in [3.05, 3.63) is 33.3 Å². The summed E-state index contributed by atoms with van der Waals surface area (Å²) >= 11 is 5.95. The quantitative estimate of drug-likeness (QED) is 0.399. The van der Waals surface area contributed by atoms with Crippen LogP contribution in [0.25, 0.3) is 0 Å². The average molecular weight is 433 g/mol. The molecule has 1 heterocycles. The number of nitro benzene ring substituents is 1. The van der Waals surface area contributed by atoms with Gasteiger partial charge >= 0.3 is 11.8 Å². The van der Waals surface area contributed by atoms with E-state index in [0.29, 0.717) is 6.54 Å². The van der Waals surface area contributed by atoms with Crippen molar-refractivity contribution in [3.63, 3.8) is 0 Å². The van der Waals surface area contributed by atoms with Crippen LogP contribution in [0, 0.1) is 10.1 Å². The summed E-state index contributed by atoms with van der Waals surface area (Å²) in [6.07, 6.45) is 0.256. The molecule has 2 rings (SSSR count). The molecule has 28 heavy (non-hydrogen) atoms. The maximum atomic E-state index is 12.7. The van der Waals surface area contributed by atoms with Crippen LogP contribution in [0.15, 0.2) is 18.2 Å². The van der Waals surface area contributed by atoms with Gasteiger partial charge in [-0.3, -0.25) is 19.7 Å². The first kappa shape index (κ1) is 22.1. The molecule has 1 unspecified atom stereocenters. The number of nitrogens with one attached hydrogen (secondary N) is 1. The first-order valence-corrected chi connectivity index (χ1v) is 10.6. The number of nitro groups is 1. The first-order chi connectivity index (χ1) is 13.0. The maximum Gasteiger partial charge on any atom is 0.313 e. The lowest BCUT2D eigenvalue weighted by Gasteiger charge is -2.28. The number of likely N-dealkylation sites (N-methyl/N-ethyl adjacent to an activating group) is 1. The van der Waals surface area contributed by atoms with Crippen LogP contribution in [0.5, 0.6) is 0 Å². The van der Waals surface area contributed by atoms with Crippen LogP contribution in [0.1, 0.15) is 6.42 Å². The van der Waals surface area contributed by atoms with E-state index in [0.717, 1.165) is 6.07 Å². The van der Waals surface area contributed by atoms with E-state index in [-0.39, 0.29) is 40.9 Å². The van der Waals surface area contributed by atoms with Crippen molar-refractivity contribution >= 4 is 44.6 Å². The number of amides is 2. The molecule has 1 N–H and O–H groups in total. The number of rotatable bonds is 6. The van der Waals surface area contributed by atoms with E-state index in [1.807, 2.05) is 0 Å². The highest BCUT2D eigenvalue weighted by atomic mass is 35.5. The summed E-state index contributed by atoms with van der Waals surface area (Å²) in [6, 6.07) is 2.88. The smallest absolute Gasteiger partial charge is 0.313 e. The number of sulfone groups is 1. The molecule has 0 saturated carbocycles. The Labute approximate surface area is 167 Å². The number of anilines is 1. The van der Waals surface area contributed by atoms with Crippen LogP contribution < -0.4 is 5.32 Å². The standard InChI is InChI=1S/C16H21ClN4O6S/c1-19(2)6-7-20(12-5-8-28(26,27)10-12)16(23)15(22)18-14-9-11(21(24)25)3-4-13(14)17/h3-4,9,12H,5-8,10H2,1-2H3,(H,18,22). The van der Waals surface area contributed by atoms with Crippen LogP contribution in [-0.4, -0.2) is 79.7 Å². The zero-order valence-electron chi connectivity index (χ0n) is 15.4. The van der Waals surface area contributed by atoms with Crippen LogP contribution in [0.3, 0.4) is 0 Å². The summed E-state index contributed by atoms with van der Waals surface area (Å²) in [5.74, 6) is -2.18. The van der Waals surface area contributed by atoms with Gasteiger partial charge in [-0.15, -0.1) is 0 Å². The molecule has 0 spiro atoms. The Morgan fingerprint density at radius 1 is 1.32 bits per heavy atom. The Balaban J connectivity index is 2.20. The van der Waals surface area contributed by atoms with Crippen molar-refractivity contribution < 1.29 is 22.9 Å². The number of benzene rings is 1. The fourth-order valence-corrected chi connectivity index (χ4v) is 4.70. The minimum atomic E-state index is -3.25. The average Bonchev–Trinajstić information content (AvgIpc) is 2.95. The number of carbonyl (C=O) groups excluding carboxylic acids is 2. The fraction of sp³-hybridized carbons (Fsp3) is 0.500. The Hall–Kier alpha value is -2.24. The molecule has 12 heteroatoms. The number of carbonyl (C=O) groups is 2. The van der Waals surface area contributed by atoms with Gasteiger partial charge in [0.05, 0.1) is 27.1 Å². The molecule has 1 aliphatic heterocycles. The third-order valence-electron chi connectivity index (χ3n) is 4.30. The zero-order chi connectivity index (χ0) is 21.1. The monoisotopic (exact) mass is 432 g/mol. The lowest BCUT2D eigenvalue weighted by Crippen LogP contribution is -2.48. The molecule has 1 saturated heterocycles. The topological polar surface area (TPSA) is 130 Å². The van der Waals surface area contributed by atoms with Crippen LogP contribution in [-0.2, 0) is 19.4 Å². The van der Waals surface area contributed by atoms with E-state index in [1.165, 1.54) is 17.0 Å². The van der Waals surface area contributed by atoms with Crippen LogP contribution in [0.2, 0.25) is 5.02 Å². The zero-order valence-corrected chi connectivity index (χ0v) is 17.0. The third-order valence-corrected chi connectivity index (χ3v) is 6.38. The van der Waals surface area contributed by atoms with E-state index < -0.39 is 32.6 Å². The van der Waals surface area contributed by atoms with Gasteiger partial charge in [-0.2, -0.15) is 0 Å². The molecule has 1 atom stereocenters. The van der Waals surface area contributed by atoms with Crippen molar-refractivity contribution in [2.75, 3.05) is 44.0 Å². The molecule has 0 aromatic heterocycles. The van der Waals surface area contributed by atoms with E-state index in [4.69, 9.17) is 11.6 Å². The third kappa shape index (κ3) is 5.63. The number of hydrogen-bond acceptors (Lipinski definition) is 7. The van der Waals surface area contributed by atoms with Crippen LogP contribution in [0.4, 0.5) is 11.4 Å². The summed E-state index contributed by atoms with van der Waals surface area (Å²) in [5, 5.41) is 13.2. The molecular formula is C16H21ClN4O6S. The predicted molar refractivity (Wildman–Crippen MR) is 104 cm³/mol. The van der Waals surface area contributed by atoms with Crippen LogP contribution >= 0.6 is 11.6 Å². The minimum Gasteiger partial charge on any atom is -0.329 e. The number of halogens is 1. The Kier molecular flexibility index (Phi) is 6.96. The van der Waals surface area contributed by atoms with E-state index in [1.54, 1.807) is 19.0 Å². The molecule has 1 fully saturated rings. The maximum absolute atomic E-state index is 12.7. The van der Waals surface area contributed by atoms with E-state index >= 15 is 0 Å². The van der Waals surface area contributed by atoms with Gasteiger partial charge < -0.3 is 15.1 Å². The second-order valence-corrected chi connectivity index (χ2v) is 9.37. The summed E-state index contributed by atoms with van der Waals surface area (Å²) < 4.78 is 23.6. The van der Waals surface area contributed by atoms with Gasteiger partial charge in [0.25, 0.3) is 5.69 Å². The van der Waals surface area contributed by atoms with Gasteiger partial charge in [0.1, 0.15) is 0 Å². The minimum absolute atomic E-state index is 0.0371. The van der Waals surface area contributed by atoms with Gasteiger partial charge in [0.15, 0.2) is 9.84 Å². The second-order valence-electron chi connectivity index (χ2n) is 6.73. The van der Waals surface area contributed by atoms with Crippen molar-refractivity contribution in [1.29, 1.82) is 0 Å². The number of nitrogens with zero attached hydrogens (tertiary/aromatic N) is 3. The summed E-state index contributed by atoms with van der Waals surface area (Å²) in [7, 11) is 0.323. The molecular weight excluding hydrogens is 412 g/mol. The number of hydrogen-bond donors (Lipinski definition) is 1. The molecule has 10 nitrogen and oxygen atoms in total. The van der Waals surface area contributed by atoms with Gasteiger partial charge in [-0.1, -0.05) is 11.6 Å². The lowest BCUT2D eigenvalue weighted by molar-refractivity contribution is -0.384. The lowest BCUT2D eigenvalue weighted by atomic mass is 10.2. The Morgan fingerprint density at radius 2 is 2.00 bits per heavy atom. The summed E-state index contributed by atoms with van der Waals surface area (Å²) in [5.41, 5.74) is -0.362. The van der Waals surface area contributed by atoms with Gasteiger partial charge in [-0.05, 0) is 26.6 Å². The summed E-state index contributed by atoms with van der Waals surface area (Å²) in [4.78, 5) is 38.5.